The van der Waals surface area contributed by atoms with E-state index in [1.54, 1.807) is 12.5 Å². The van der Waals surface area contributed by atoms with E-state index >= 15 is 0 Å². The zero-order valence-corrected chi connectivity index (χ0v) is 7.68. The van der Waals surface area contributed by atoms with Gasteiger partial charge in [0, 0.05) is 0 Å². The van der Waals surface area contributed by atoms with E-state index < -0.39 is 0 Å². The molecule has 70 valence electrons. The van der Waals surface area contributed by atoms with Crippen LogP contribution in [-0.4, -0.2) is 11.3 Å². The maximum Gasteiger partial charge on any atom is 0.242 e. The van der Waals surface area contributed by atoms with Crippen LogP contribution in [0.15, 0.2) is 42.9 Å². The molecule has 1 N–H and O–H groups in total. The number of carbonyl (C=O) groups excluding carboxylic acids is 1. The first-order chi connectivity index (χ1) is 6.90. The topological polar surface area (TPSA) is 36.7 Å². The maximum atomic E-state index is 10.6. The highest BCUT2D eigenvalue weighted by atomic mass is 16.1. The molecule has 0 aliphatic heterocycles. The van der Waals surface area contributed by atoms with Crippen molar-refractivity contribution in [1.29, 1.82) is 0 Å². The summed E-state index contributed by atoms with van der Waals surface area (Å²) in [5.74, 6) is 0. The molecule has 14 heavy (non-hydrogen) atoms. The highest BCUT2D eigenvalue weighted by Gasteiger charge is 2.07. The number of H-pyrrole nitrogens is 1. The van der Waals surface area contributed by atoms with E-state index in [9.17, 15) is 4.79 Å². The molecule has 1 aromatic heterocycles. The molecule has 1 aromatic carbocycles. The Hall–Kier alpha value is -1.90. The largest absolute Gasteiger partial charge is 0.294 e. The van der Waals surface area contributed by atoms with Gasteiger partial charge in [0.2, 0.25) is 12.0 Å². The minimum atomic E-state index is 0.661. The van der Waals surface area contributed by atoms with Crippen molar-refractivity contribution in [1.82, 2.24) is 4.98 Å². The van der Waals surface area contributed by atoms with E-state index in [0.29, 0.717) is 5.69 Å². The number of carbonyl (C=O) groups is 1. The van der Waals surface area contributed by atoms with Crippen LogP contribution in [0.3, 0.4) is 0 Å². The van der Waals surface area contributed by atoms with Crippen LogP contribution >= 0.6 is 0 Å². The van der Waals surface area contributed by atoms with Crippen LogP contribution in [0, 0.1) is 0 Å². The predicted molar refractivity (Wildman–Crippen MR) is 51.9 cm³/mol. The van der Waals surface area contributed by atoms with E-state index in [1.165, 1.54) is 5.56 Å². The number of aromatic amines is 1. The van der Waals surface area contributed by atoms with Crippen molar-refractivity contribution in [3.63, 3.8) is 0 Å². The fourth-order valence-corrected chi connectivity index (χ4v) is 1.39. The molecule has 1 heterocycles. The fraction of sp³-hybridized carbons (Fsp3) is 0.0909. The highest BCUT2D eigenvalue weighted by Crippen LogP contribution is 1.97. The summed E-state index contributed by atoms with van der Waals surface area (Å²) >= 11 is 0. The normalized spacial score (nSPS) is 10.0. The van der Waals surface area contributed by atoms with E-state index in [4.69, 9.17) is 0 Å². The van der Waals surface area contributed by atoms with Crippen LogP contribution in [-0.2, 0) is 6.54 Å². The van der Waals surface area contributed by atoms with Gasteiger partial charge in [-0.2, -0.15) is 0 Å². The van der Waals surface area contributed by atoms with E-state index in [-0.39, 0.29) is 0 Å². The molecule has 0 unspecified atom stereocenters. The minimum Gasteiger partial charge on any atom is -0.294 e. The summed E-state index contributed by atoms with van der Waals surface area (Å²) in [7, 11) is 0. The molecule has 2 aromatic rings. The van der Waals surface area contributed by atoms with Crippen LogP contribution in [0.4, 0.5) is 0 Å². The first kappa shape index (κ1) is 8.69. The summed E-state index contributed by atoms with van der Waals surface area (Å²) in [6.07, 6.45) is 4.33. The number of imidazole rings is 1. The molecule has 0 spiro atoms. The van der Waals surface area contributed by atoms with Crippen LogP contribution < -0.4 is 4.57 Å². The number of nitrogens with zero attached hydrogens (tertiary/aromatic N) is 1. The zero-order chi connectivity index (χ0) is 9.80. The number of rotatable bonds is 3. The lowest BCUT2D eigenvalue weighted by Crippen LogP contribution is -2.35. The van der Waals surface area contributed by atoms with Crippen LogP contribution in [0.1, 0.15) is 16.1 Å². The number of aromatic nitrogens is 2. The molecule has 3 heteroatoms. The Morgan fingerprint density at radius 1 is 1.29 bits per heavy atom. The van der Waals surface area contributed by atoms with Crippen molar-refractivity contribution in [2.45, 2.75) is 6.54 Å². The molecule has 0 amide bonds. The van der Waals surface area contributed by atoms with Gasteiger partial charge in [0.05, 0.1) is 0 Å². The smallest absolute Gasteiger partial charge is 0.242 e. The average molecular weight is 187 g/mol. The van der Waals surface area contributed by atoms with E-state index in [0.717, 1.165) is 12.8 Å². The summed E-state index contributed by atoms with van der Waals surface area (Å²) in [5, 5.41) is 0. The molecule has 0 saturated heterocycles. The van der Waals surface area contributed by atoms with Gasteiger partial charge in [0.1, 0.15) is 12.7 Å². The standard InChI is InChI=1S/C11H10N2O/c14-8-11-6-12-9-13(11)7-10-4-2-1-3-5-10/h1-6,8-9H,7H2/p+1. The Balaban J connectivity index is 2.23. The van der Waals surface area contributed by atoms with Crippen LogP contribution in [0.2, 0.25) is 0 Å². The SMILES string of the molecule is O=Cc1c[nH]c[n+]1Cc1ccccc1. The Labute approximate surface area is 82.0 Å². The lowest BCUT2D eigenvalue weighted by atomic mass is 10.2. The van der Waals surface area contributed by atoms with Gasteiger partial charge in [0.15, 0.2) is 6.29 Å². The Morgan fingerprint density at radius 2 is 2.07 bits per heavy atom. The van der Waals surface area contributed by atoms with Crippen molar-refractivity contribution in [2.75, 3.05) is 0 Å². The third-order valence-corrected chi connectivity index (χ3v) is 2.11. The van der Waals surface area contributed by atoms with E-state index in [1.807, 2.05) is 34.9 Å². The van der Waals surface area contributed by atoms with Crippen LogP contribution in [0.25, 0.3) is 0 Å². The summed E-state index contributed by atoms with van der Waals surface area (Å²) in [4.78, 5) is 13.5. The molecule has 3 nitrogen and oxygen atoms in total. The summed E-state index contributed by atoms with van der Waals surface area (Å²) < 4.78 is 1.88. The molecule has 0 atom stereocenters. The fourth-order valence-electron chi connectivity index (χ4n) is 1.39. The lowest BCUT2D eigenvalue weighted by molar-refractivity contribution is -0.688. The number of nitrogens with one attached hydrogen (secondary N) is 1. The van der Waals surface area contributed by atoms with Crippen molar-refractivity contribution in [3.8, 4) is 0 Å². The molecule has 0 aliphatic rings. The number of benzene rings is 1. The molecule has 0 saturated carbocycles. The van der Waals surface area contributed by atoms with Crippen molar-refractivity contribution >= 4 is 6.29 Å². The monoisotopic (exact) mass is 187 g/mol. The van der Waals surface area contributed by atoms with Gasteiger partial charge in [-0.25, -0.2) is 9.55 Å². The number of hydrogen-bond donors (Lipinski definition) is 1. The lowest BCUT2D eigenvalue weighted by Gasteiger charge is -1.97. The van der Waals surface area contributed by atoms with Gasteiger partial charge in [-0.15, -0.1) is 0 Å². The van der Waals surface area contributed by atoms with Gasteiger partial charge in [-0.05, 0) is 5.56 Å². The average Bonchev–Trinajstić information content (AvgIpc) is 2.67. The summed E-state index contributed by atoms with van der Waals surface area (Å²) in [5.41, 5.74) is 1.84. The van der Waals surface area contributed by atoms with Gasteiger partial charge in [-0.3, -0.25) is 4.79 Å². The van der Waals surface area contributed by atoms with Crippen LogP contribution in [0.5, 0.6) is 0 Å². The second-order valence-corrected chi connectivity index (χ2v) is 3.10. The zero-order valence-electron chi connectivity index (χ0n) is 7.68. The van der Waals surface area contributed by atoms with Gasteiger partial charge >= 0.3 is 0 Å². The van der Waals surface area contributed by atoms with Crippen molar-refractivity contribution in [2.24, 2.45) is 0 Å². The molecular formula is C11H11N2O+. The van der Waals surface area contributed by atoms with Crippen molar-refractivity contribution < 1.29 is 9.36 Å². The third kappa shape index (κ3) is 1.71. The summed E-state index contributed by atoms with van der Waals surface area (Å²) in [6, 6.07) is 10.0. The van der Waals surface area contributed by atoms with Gasteiger partial charge in [0.25, 0.3) is 0 Å². The molecule has 0 aliphatic carbocycles. The van der Waals surface area contributed by atoms with E-state index in [2.05, 4.69) is 4.98 Å². The second-order valence-electron chi connectivity index (χ2n) is 3.10. The molecule has 0 radical (unpaired) electrons. The summed E-state index contributed by atoms with van der Waals surface area (Å²) in [6.45, 7) is 0.721. The Bertz CT molecular complexity index is 420. The molecule has 0 fully saturated rings. The predicted octanol–water partition coefficient (Wildman–Crippen LogP) is 1.16. The van der Waals surface area contributed by atoms with Gasteiger partial charge < -0.3 is 0 Å². The first-order valence-corrected chi connectivity index (χ1v) is 4.45. The first-order valence-electron chi connectivity index (χ1n) is 4.45. The Morgan fingerprint density at radius 3 is 2.79 bits per heavy atom. The third-order valence-electron chi connectivity index (χ3n) is 2.11. The molecule has 2 rings (SSSR count). The minimum absolute atomic E-state index is 0.661. The second kappa shape index (κ2) is 3.87. The number of hydrogen-bond acceptors (Lipinski definition) is 1. The van der Waals surface area contributed by atoms with Crippen molar-refractivity contribution in [3.05, 3.63) is 54.1 Å². The quantitative estimate of drug-likeness (QED) is 0.568. The number of aldehydes is 1. The highest BCUT2D eigenvalue weighted by molar-refractivity contribution is 5.68. The maximum absolute atomic E-state index is 10.6. The van der Waals surface area contributed by atoms with Gasteiger partial charge in [-0.1, -0.05) is 30.3 Å². The molecule has 0 bridgehead atoms. The Kier molecular flexibility index (Phi) is 2.40. The molecular weight excluding hydrogens is 176 g/mol.